The molecule has 0 aliphatic heterocycles. The highest BCUT2D eigenvalue weighted by molar-refractivity contribution is 9.10. The van der Waals surface area contributed by atoms with Gasteiger partial charge in [-0.3, -0.25) is 4.99 Å². The molecule has 1 rings (SSSR count). The van der Waals surface area contributed by atoms with E-state index in [4.69, 9.17) is 5.73 Å². The zero-order valence-electron chi connectivity index (χ0n) is 10.8. The highest BCUT2D eigenvalue weighted by Gasteiger charge is 2.04. The van der Waals surface area contributed by atoms with E-state index >= 15 is 0 Å². The molecule has 18 heavy (non-hydrogen) atoms. The first-order chi connectivity index (χ1) is 8.61. The third-order valence-electron chi connectivity index (χ3n) is 2.23. The van der Waals surface area contributed by atoms with Gasteiger partial charge in [0.05, 0.1) is 6.54 Å². The Morgan fingerprint density at radius 1 is 1.44 bits per heavy atom. The summed E-state index contributed by atoms with van der Waals surface area (Å²) in [5.74, 6) is 0.542. The number of nitrogens with one attached hydrogen (secondary N) is 1. The Morgan fingerprint density at radius 2 is 2.11 bits per heavy atom. The van der Waals surface area contributed by atoms with Gasteiger partial charge in [-0.05, 0) is 30.7 Å². The topological polar surface area (TPSA) is 50.4 Å². The molecule has 0 saturated carbocycles. The van der Waals surface area contributed by atoms with Crippen molar-refractivity contribution in [1.82, 2.24) is 5.32 Å². The van der Waals surface area contributed by atoms with Crippen molar-refractivity contribution in [3.63, 3.8) is 0 Å². The van der Waals surface area contributed by atoms with Crippen LogP contribution in [0, 0.1) is 0 Å². The van der Waals surface area contributed by atoms with Gasteiger partial charge in [-0.1, -0.05) is 29.8 Å². The summed E-state index contributed by atoms with van der Waals surface area (Å²) in [5, 5.41) is 3.48. The Labute approximate surface area is 122 Å². The number of guanidine groups is 1. The molecule has 1 aromatic rings. The summed E-state index contributed by atoms with van der Waals surface area (Å²) in [4.78, 5) is 5.58. The smallest absolute Gasteiger partial charge is 0.188 e. The van der Waals surface area contributed by atoms with Gasteiger partial charge in [0, 0.05) is 21.2 Å². The first-order valence-electron chi connectivity index (χ1n) is 6.07. The van der Waals surface area contributed by atoms with Crippen LogP contribution in [0.5, 0.6) is 0 Å². The summed E-state index contributed by atoms with van der Waals surface area (Å²) in [6.45, 7) is 5.86. The molecule has 5 heteroatoms. The molecule has 0 spiro atoms. The molecule has 1 atom stereocenters. The highest BCUT2D eigenvalue weighted by atomic mass is 79.9. The number of benzene rings is 1. The maximum absolute atomic E-state index is 5.74. The van der Waals surface area contributed by atoms with E-state index < -0.39 is 0 Å². The van der Waals surface area contributed by atoms with Crippen molar-refractivity contribution >= 4 is 33.7 Å². The van der Waals surface area contributed by atoms with Crippen LogP contribution < -0.4 is 11.1 Å². The monoisotopic (exact) mass is 329 g/mol. The van der Waals surface area contributed by atoms with Crippen LogP contribution in [0.2, 0.25) is 0 Å². The van der Waals surface area contributed by atoms with Gasteiger partial charge in [0.15, 0.2) is 5.96 Å². The van der Waals surface area contributed by atoms with Crippen LogP contribution in [-0.4, -0.2) is 24.3 Å². The van der Waals surface area contributed by atoms with Crippen molar-refractivity contribution in [2.45, 2.75) is 30.4 Å². The normalized spacial score (nSPS) is 13.4. The van der Waals surface area contributed by atoms with E-state index in [1.807, 2.05) is 0 Å². The van der Waals surface area contributed by atoms with Gasteiger partial charge in [-0.25, -0.2) is 0 Å². The summed E-state index contributed by atoms with van der Waals surface area (Å²) < 4.78 is 1.10. The number of aliphatic imine (C=N–C) groups is 1. The predicted molar refractivity (Wildman–Crippen MR) is 84.2 cm³/mol. The second kappa shape index (κ2) is 8.43. The molecule has 0 fully saturated rings. The molecule has 0 aliphatic rings. The molecular formula is C13H20BrN3S. The van der Waals surface area contributed by atoms with Crippen LogP contribution in [0.1, 0.15) is 20.3 Å². The summed E-state index contributed by atoms with van der Waals surface area (Å²) in [7, 11) is 0. The average Bonchev–Trinajstić information content (AvgIpc) is 2.36. The second-order valence-corrected chi connectivity index (χ2v) is 6.46. The maximum Gasteiger partial charge on any atom is 0.188 e. The number of rotatable bonds is 6. The molecule has 0 radical (unpaired) electrons. The van der Waals surface area contributed by atoms with Gasteiger partial charge < -0.3 is 11.1 Å². The molecule has 1 unspecified atom stereocenters. The predicted octanol–water partition coefficient (Wildman–Crippen LogP) is 3.24. The number of nitrogens with zero attached hydrogens (tertiary/aromatic N) is 1. The van der Waals surface area contributed by atoms with E-state index in [0.717, 1.165) is 24.0 Å². The van der Waals surface area contributed by atoms with Crippen LogP contribution in [0.4, 0.5) is 0 Å². The Bertz CT molecular complexity index is 378. The number of nitrogens with two attached hydrogens (primary N) is 1. The van der Waals surface area contributed by atoms with Crippen LogP contribution in [-0.2, 0) is 0 Å². The molecule has 3 N–H and O–H groups in total. The van der Waals surface area contributed by atoms with E-state index in [1.165, 1.54) is 4.90 Å². The minimum absolute atomic E-state index is 0.410. The number of halogens is 1. The van der Waals surface area contributed by atoms with Crippen LogP contribution in [0.3, 0.4) is 0 Å². The van der Waals surface area contributed by atoms with Crippen molar-refractivity contribution in [2.75, 3.05) is 13.1 Å². The van der Waals surface area contributed by atoms with Crippen LogP contribution in [0.15, 0.2) is 38.6 Å². The maximum atomic E-state index is 5.74. The lowest BCUT2D eigenvalue weighted by molar-refractivity contribution is 0.822. The summed E-state index contributed by atoms with van der Waals surface area (Å²) >= 11 is 5.24. The Morgan fingerprint density at radius 3 is 2.72 bits per heavy atom. The lowest BCUT2D eigenvalue weighted by Gasteiger charge is -2.09. The summed E-state index contributed by atoms with van der Waals surface area (Å²) in [5.41, 5.74) is 5.74. The summed E-state index contributed by atoms with van der Waals surface area (Å²) in [6.07, 6.45) is 1.05. The minimum Gasteiger partial charge on any atom is -0.370 e. The van der Waals surface area contributed by atoms with E-state index in [0.29, 0.717) is 11.2 Å². The molecule has 0 amide bonds. The van der Waals surface area contributed by atoms with Crippen molar-refractivity contribution in [3.8, 4) is 0 Å². The van der Waals surface area contributed by atoms with Gasteiger partial charge in [0.25, 0.3) is 0 Å². The SMILES string of the molecule is CCCNC(N)=NCC(C)Sc1ccc(Br)cc1. The van der Waals surface area contributed by atoms with E-state index in [2.05, 4.69) is 64.4 Å². The zero-order valence-corrected chi connectivity index (χ0v) is 13.2. The molecule has 0 bridgehead atoms. The standard InChI is InChI=1S/C13H20BrN3S/c1-3-8-16-13(15)17-9-10(2)18-12-6-4-11(14)5-7-12/h4-7,10H,3,8-9H2,1-2H3,(H3,15,16,17). The lowest BCUT2D eigenvalue weighted by atomic mass is 10.4. The van der Waals surface area contributed by atoms with E-state index in [-0.39, 0.29) is 0 Å². The van der Waals surface area contributed by atoms with Gasteiger partial charge in [0.1, 0.15) is 0 Å². The second-order valence-electron chi connectivity index (χ2n) is 4.04. The third kappa shape index (κ3) is 6.31. The van der Waals surface area contributed by atoms with Gasteiger partial charge >= 0.3 is 0 Å². The average molecular weight is 330 g/mol. The largest absolute Gasteiger partial charge is 0.370 e. The molecule has 0 heterocycles. The fourth-order valence-electron chi connectivity index (χ4n) is 1.32. The van der Waals surface area contributed by atoms with Gasteiger partial charge in [0.2, 0.25) is 0 Å². The van der Waals surface area contributed by atoms with Crippen molar-refractivity contribution in [2.24, 2.45) is 10.7 Å². The molecule has 100 valence electrons. The van der Waals surface area contributed by atoms with Gasteiger partial charge in [-0.2, -0.15) is 0 Å². The minimum atomic E-state index is 0.410. The Balaban J connectivity index is 2.37. The fraction of sp³-hybridized carbons (Fsp3) is 0.462. The zero-order chi connectivity index (χ0) is 13.4. The molecule has 0 aromatic heterocycles. The molecule has 0 aliphatic carbocycles. The number of hydrogen-bond donors (Lipinski definition) is 2. The lowest BCUT2D eigenvalue weighted by Crippen LogP contribution is -2.32. The fourth-order valence-corrected chi connectivity index (χ4v) is 2.49. The molecule has 1 aromatic carbocycles. The van der Waals surface area contributed by atoms with Crippen molar-refractivity contribution < 1.29 is 0 Å². The van der Waals surface area contributed by atoms with Crippen molar-refractivity contribution in [3.05, 3.63) is 28.7 Å². The first kappa shape index (κ1) is 15.4. The number of thioether (sulfide) groups is 1. The van der Waals surface area contributed by atoms with E-state index in [1.54, 1.807) is 11.8 Å². The number of hydrogen-bond acceptors (Lipinski definition) is 2. The highest BCUT2D eigenvalue weighted by Crippen LogP contribution is 2.24. The van der Waals surface area contributed by atoms with Crippen LogP contribution in [0.25, 0.3) is 0 Å². The molecule has 3 nitrogen and oxygen atoms in total. The van der Waals surface area contributed by atoms with E-state index in [9.17, 15) is 0 Å². The third-order valence-corrected chi connectivity index (χ3v) is 3.85. The summed E-state index contributed by atoms with van der Waals surface area (Å²) in [6, 6.07) is 8.31. The van der Waals surface area contributed by atoms with Crippen LogP contribution >= 0.6 is 27.7 Å². The molecular weight excluding hydrogens is 310 g/mol. The van der Waals surface area contributed by atoms with Crippen molar-refractivity contribution in [1.29, 1.82) is 0 Å². The Kier molecular flexibility index (Phi) is 7.20. The quantitative estimate of drug-likeness (QED) is 0.478. The first-order valence-corrected chi connectivity index (χ1v) is 7.75. The molecule has 0 saturated heterocycles. The van der Waals surface area contributed by atoms with Gasteiger partial charge in [-0.15, -0.1) is 11.8 Å². The Hall–Kier alpha value is -0.680.